The molecule has 0 spiro atoms. The summed E-state index contributed by atoms with van der Waals surface area (Å²) < 4.78 is 3.99. The van der Waals surface area contributed by atoms with Gasteiger partial charge in [0.05, 0.1) is 11.8 Å². The third kappa shape index (κ3) is 3.36. The van der Waals surface area contributed by atoms with Crippen molar-refractivity contribution >= 4 is 11.8 Å². The number of tetrazole rings is 1. The Kier molecular flexibility index (Phi) is 4.53. The summed E-state index contributed by atoms with van der Waals surface area (Å²) in [7, 11) is 0. The first-order chi connectivity index (χ1) is 10.7. The van der Waals surface area contributed by atoms with Crippen molar-refractivity contribution in [2.75, 3.05) is 0 Å². The summed E-state index contributed by atoms with van der Waals surface area (Å²) in [5.74, 6) is 1.76. The maximum atomic E-state index is 4.45. The van der Waals surface area contributed by atoms with E-state index >= 15 is 0 Å². The molecule has 1 aromatic carbocycles. The summed E-state index contributed by atoms with van der Waals surface area (Å²) >= 11 is 1.61. The summed E-state index contributed by atoms with van der Waals surface area (Å²) in [6, 6.07) is 10.6. The Hall–Kier alpha value is -2.15. The van der Waals surface area contributed by atoms with Gasteiger partial charge in [-0.1, -0.05) is 42.1 Å². The Morgan fingerprint density at radius 1 is 1.18 bits per heavy atom. The zero-order valence-electron chi connectivity index (χ0n) is 12.6. The molecular weight excluding hydrogens is 296 g/mol. The summed E-state index contributed by atoms with van der Waals surface area (Å²) in [6.07, 6.45) is 3.85. The molecule has 3 aromatic rings. The fraction of sp³-hybridized carbons (Fsp3) is 0.333. The largest absolute Gasteiger partial charge is 0.330 e. The van der Waals surface area contributed by atoms with Crippen LogP contribution < -0.4 is 0 Å². The highest BCUT2D eigenvalue weighted by Crippen LogP contribution is 2.21. The summed E-state index contributed by atoms with van der Waals surface area (Å²) in [5, 5.41) is 12.7. The van der Waals surface area contributed by atoms with Gasteiger partial charge in [0.2, 0.25) is 5.16 Å². The molecule has 3 rings (SSSR count). The lowest BCUT2D eigenvalue weighted by Gasteiger charge is -2.09. The molecule has 2 aromatic heterocycles. The van der Waals surface area contributed by atoms with Crippen LogP contribution in [0, 0.1) is 0 Å². The minimum absolute atomic E-state index is 0.251. The second kappa shape index (κ2) is 6.74. The predicted octanol–water partition coefficient (Wildman–Crippen LogP) is 2.79. The number of benzene rings is 1. The van der Waals surface area contributed by atoms with E-state index < -0.39 is 0 Å². The molecule has 0 radical (unpaired) electrons. The van der Waals surface area contributed by atoms with Crippen molar-refractivity contribution in [3.8, 4) is 0 Å². The van der Waals surface area contributed by atoms with Crippen LogP contribution in [-0.2, 0) is 12.3 Å². The first-order valence-corrected chi connectivity index (χ1v) is 8.17. The lowest BCUT2D eigenvalue weighted by Crippen LogP contribution is -2.06. The van der Waals surface area contributed by atoms with Gasteiger partial charge in [-0.3, -0.25) is 0 Å². The van der Waals surface area contributed by atoms with Gasteiger partial charge >= 0.3 is 0 Å². The van der Waals surface area contributed by atoms with Crippen molar-refractivity contribution in [2.45, 2.75) is 37.3 Å². The minimum atomic E-state index is 0.251. The first kappa shape index (κ1) is 14.8. The van der Waals surface area contributed by atoms with Gasteiger partial charge in [0, 0.05) is 18.9 Å². The molecule has 0 amide bonds. The molecule has 22 heavy (non-hydrogen) atoms. The quantitative estimate of drug-likeness (QED) is 0.655. The van der Waals surface area contributed by atoms with Crippen molar-refractivity contribution in [2.24, 2.45) is 0 Å². The molecule has 2 heterocycles. The smallest absolute Gasteiger partial charge is 0.209 e. The van der Waals surface area contributed by atoms with Gasteiger partial charge in [-0.2, -0.15) is 0 Å². The SMILES string of the molecule is CC(C)n1nnnc1SCc1nccn1Cc1ccccc1. The summed E-state index contributed by atoms with van der Waals surface area (Å²) in [6.45, 7) is 4.96. The Labute approximate surface area is 133 Å². The maximum Gasteiger partial charge on any atom is 0.209 e. The number of imidazole rings is 1. The molecule has 7 heteroatoms. The monoisotopic (exact) mass is 314 g/mol. The average molecular weight is 314 g/mol. The number of hydrogen-bond acceptors (Lipinski definition) is 5. The van der Waals surface area contributed by atoms with Gasteiger partial charge in [-0.15, -0.1) is 5.10 Å². The molecular formula is C15H18N6S. The highest BCUT2D eigenvalue weighted by atomic mass is 32.2. The van der Waals surface area contributed by atoms with Crippen molar-refractivity contribution in [1.29, 1.82) is 0 Å². The maximum absolute atomic E-state index is 4.45. The lowest BCUT2D eigenvalue weighted by molar-refractivity contribution is 0.477. The van der Waals surface area contributed by atoms with Crippen LogP contribution in [0.15, 0.2) is 47.9 Å². The fourth-order valence-corrected chi connectivity index (χ4v) is 3.11. The number of aromatic nitrogens is 6. The molecule has 0 N–H and O–H groups in total. The second-order valence-corrected chi connectivity index (χ2v) is 6.19. The number of rotatable bonds is 6. The third-order valence-corrected chi connectivity index (χ3v) is 4.21. The molecule has 0 aliphatic rings. The molecule has 0 bridgehead atoms. The molecule has 0 aliphatic carbocycles. The van der Waals surface area contributed by atoms with Crippen LogP contribution >= 0.6 is 11.8 Å². The van der Waals surface area contributed by atoms with E-state index in [1.54, 1.807) is 11.8 Å². The van der Waals surface area contributed by atoms with E-state index in [4.69, 9.17) is 0 Å². The van der Waals surface area contributed by atoms with Crippen molar-refractivity contribution < 1.29 is 0 Å². The van der Waals surface area contributed by atoms with Crippen molar-refractivity contribution in [1.82, 2.24) is 29.8 Å². The fourth-order valence-electron chi connectivity index (χ4n) is 2.14. The summed E-state index contributed by atoms with van der Waals surface area (Å²) in [5.41, 5.74) is 1.26. The molecule has 114 valence electrons. The highest BCUT2D eigenvalue weighted by molar-refractivity contribution is 7.98. The van der Waals surface area contributed by atoms with E-state index in [0.717, 1.165) is 23.3 Å². The highest BCUT2D eigenvalue weighted by Gasteiger charge is 2.12. The minimum Gasteiger partial charge on any atom is -0.330 e. The molecule has 0 saturated heterocycles. The molecule has 0 unspecified atom stereocenters. The van der Waals surface area contributed by atoms with Crippen molar-refractivity contribution in [3.05, 3.63) is 54.1 Å². The van der Waals surface area contributed by atoms with Crippen LogP contribution in [0.1, 0.15) is 31.3 Å². The normalized spacial score (nSPS) is 11.2. The van der Waals surface area contributed by atoms with E-state index in [9.17, 15) is 0 Å². The molecule has 0 aliphatic heterocycles. The molecule has 6 nitrogen and oxygen atoms in total. The molecule has 0 saturated carbocycles. The standard InChI is InChI=1S/C15H18N6S/c1-12(2)21-15(17-18-19-21)22-11-14-16-8-9-20(14)10-13-6-4-3-5-7-13/h3-9,12H,10-11H2,1-2H3. The molecule has 0 fully saturated rings. The van der Waals surface area contributed by atoms with E-state index in [-0.39, 0.29) is 6.04 Å². The van der Waals surface area contributed by atoms with Gasteiger partial charge in [0.25, 0.3) is 0 Å². The third-order valence-electron chi connectivity index (χ3n) is 3.28. The lowest BCUT2D eigenvalue weighted by atomic mass is 10.2. The molecule has 0 atom stereocenters. The van der Waals surface area contributed by atoms with Crippen LogP contribution in [0.4, 0.5) is 0 Å². The topological polar surface area (TPSA) is 61.4 Å². The van der Waals surface area contributed by atoms with Gasteiger partial charge in [-0.05, 0) is 29.8 Å². The Morgan fingerprint density at radius 2 is 2.00 bits per heavy atom. The van der Waals surface area contributed by atoms with Crippen molar-refractivity contribution in [3.63, 3.8) is 0 Å². The predicted molar refractivity (Wildman–Crippen MR) is 85.5 cm³/mol. The zero-order chi connectivity index (χ0) is 15.4. The first-order valence-electron chi connectivity index (χ1n) is 7.18. The van der Waals surface area contributed by atoms with E-state index in [1.807, 2.05) is 23.1 Å². The zero-order valence-corrected chi connectivity index (χ0v) is 13.4. The van der Waals surface area contributed by atoms with Gasteiger partial charge < -0.3 is 4.57 Å². The van der Waals surface area contributed by atoms with Crippen LogP contribution in [-0.4, -0.2) is 29.8 Å². The summed E-state index contributed by atoms with van der Waals surface area (Å²) in [4.78, 5) is 4.45. The van der Waals surface area contributed by atoms with Crippen LogP contribution in [0.5, 0.6) is 0 Å². The van der Waals surface area contributed by atoms with E-state index in [2.05, 4.69) is 63.2 Å². The number of hydrogen-bond donors (Lipinski definition) is 0. The van der Waals surface area contributed by atoms with E-state index in [1.165, 1.54) is 5.56 Å². The average Bonchev–Trinajstić information content (AvgIpc) is 3.15. The Balaban J connectivity index is 1.69. The Morgan fingerprint density at radius 3 is 2.77 bits per heavy atom. The Bertz CT molecular complexity index is 718. The van der Waals surface area contributed by atoms with Gasteiger partial charge in [0.15, 0.2) is 0 Å². The van der Waals surface area contributed by atoms with Gasteiger partial charge in [-0.25, -0.2) is 9.67 Å². The van der Waals surface area contributed by atoms with E-state index in [0.29, 0.717) is 0 Å². The van der Waals surface area contributed by atoms with Crippen LogP contribution in [0.25, 0.3) is 0 Å². The van der Waals surface area contributed by atoms with Gasteiger partial charge in [0.1, 0.15) is 5.82 Å². The number of thioether (sulfide) groups is 1. The van der Waals surface area contributed by atoms with Crippen LogP contribution in [0.3, 0.4) is 0 Å². The number of nitrogens with zero attached hydrogens (tertiary/aromatic N) is 6. The van der Waals surface area contributed by atoms with Crippen LogP contribution in [0.2, 0.25) is 0 Å². The second-order valence-electron chi connectivity index (χ2n) is 5.25.